The molecule has 2 heterocycles. The summed E-state index contributed by atoms with van der Waals surface area (Å²) in [4.78, 5) is 21.4. The first-order chi connectivity index (χ1) is 11.7. The molecule has 0 aliphatic carbocycles. The lowest BCUT2D eigenvalue weighted by Crippen LogP contribution is -2.46. The number of amides is 1. The molecule has 3 rings (SSSR count). The Balaban J connectivity index is 1.61. The lowest BCUT2D eigenvalue weighted by Gasteiger charge is -2.35. The first kappa shape index (κ1) is 16.9. The molecule has 24 heavy (non-hydrogen) atoms. The maximum atomic E-state index is 12.2. The molecular formula is C18H21BrN4O. The highest BCUT2D eigenvalue weighted by Crippen LogP contribution is 2.18. The SMILES string of the molecule is CCN1CCN(c2ccc(NC(=O)c3cccc(Br)c3)nc2)CC1. The van der Waals surface area contributed by atoms with E-state index in [9.17, 15) is 4.79 Å². The molecule has 1 amide bonds. The summed E-state index contributed by atoms with van der Waals surface area (Å²) < 4.78 is 0.879. The Labute approximate surface area is 150 Å². The van der Waals surface area contributed by atoms with E-state index in [1.54, 1.807) is 12.1 Å². The molecule has 1 aliphatic heterocycles. The van der Waals surface area contributed by atoms with Gasteiger partial charge in [-0.2, -0.15) is 0 Å². The molecule has 0 bridgehead atoms. The van der Waals surface area contributed by atoms with Gasteiger partial charge in [-0.15, -0.1) is 0 Å². The fourth-order valence-corrected chi connectivity index (χ4v) is 3.19. The number of benzene rings is 1. The Morgan fingerprint density at radius 3 is 2.62 bits per heavy atom. The Hall–Kier alpha value is -1.92. The monoisotopic (exact) mass is 388 g/mol. The molecule has 1 fully saturated rings. The molecule has 2 aromatic rings. The molecule has 1 aromatic heterocycles. The van der Waals surface area contributed by atoms with Crippen LogP contribution in [0.25, 0.3) is 0 Å². The van der Waals surface area contributed by atoms with Crippen molar-refractivity contribution >= 4 is 33.3 Å². The molecule has 0 spiro atoms. The van der Waals surface area contributed by atoms with Crippen LogP contribution in [0.4, 0.5) is 11.5 Å². The van der Waals surface area contributed by atoms with Gasteiger partial charge in [-0.25, -0.2) is 4.98 Å². The normalized spacial score (nSPS) is 15.3. The smallest absolute Gasteiger partial charge is 0.256 e. The van der Waals surface area contributed by atoms with Crippen molar-refractivity contribution in [1.29, 1.82) is 0 Å². The van der Waals surface area contributed by atoms with Crippen molar-refractivity contribution in [1.82, 2.24) is 9.88 Å². The number of rotatable bonds is 4. The minimum atomic E-state index is -0.159. The number of aromatic nitrogens is 1. The van der Waals surface area contributed by atoms with Crippen LogP contribution >= 0.6 is 15.9 Å². The number of carbonyl (C=O) groups is 1. The van der Waals surface area contributed by atoms with Crippen LogP contribution in [-0.4, -0.2) is 48.5 Å². The van der Waals surface area contributed by atoms with Crippen molar-refractivity contribution < 1.29 is 4.79 Å². The molecule has 1 N–H and O–H groups in total. The maximum Gasteiger partial charge on any atom is 0.256 e. The van der Waals surface area contributed by atoms with Gasteiger partial charge in [0.25, 0.3) is 5.91 Å². The number of halogens is 1. The summed E-state index contributed by atoms with van der Waals surface area (Å²) >= 11 is 3.37. The number of hydrogen-bond donors (Lipinski definition) is 1. The molecule has 1 aromatic carbocycles. The Morgan fingerprint density at radius 1 is 1.21 bits per heavy atom. The number of nitrogens with one attached hydrogen (secondary N) is 1. The van der Waals surface area contributed by atoms with E-state index in [4.69, 9.17) is 0 Å². The van der Waals surface area contributed by atoms with Gasteiger partial charge in [0.1, 0.15) is 5.82 Å². The molecule has 0 saturated carbocycles. The zero-order valence-electron chi connectivity index (χ0n) is 13.7. The molecule has 0 atom stereocenters. The van der Waals surface area contributed by atoms with Crippen LogP contribution in [0.15, 0.2) is 47.1 Å². The predicted molar refractivity (Wildman–Crippen MR) is 101 cm³/mol. The molecule has 1 saturated heterocycles. The summed E-state index contributed by atoms with van der Waals surface area (Å²) in [5.41, 5.74) is 1.71. The van der Waals surface area contributed by atoms with Crippen LogP contribution in [0.1, 0.15) is 17.3 Å². The predicted octanol–water partition coefficient (Wildman–Crippen LogP) is 3.24. The van der Waals surface area contributed by atoms with Gasteiger partial charge >= 0.3 is 0 Å². The largest absolute Gasteiger partial charge is 0.368 e. The molecular weight excluding hydrogens is 368 g/mol. The van der Waals surface area contributed by atoms with Crippen LogP contribution in [-0.2, 0) is 0 Å². The number of anilines is 2. The van der Waals surface area contributed by atoms with Gasteiger partial charge in [0.05, 0.1) is 11.9 Å². The van der Waals surface area contributed by atoms with Crippen molar-refractivity contribution in [2.45, 2.75) is 6.92 Å². The zero-order valence-corrected chi connectivity index (χ0v) is 15.3. The van der Waals surface area contributed by atoms with Gasteiger partial charge in [0, 0.05) is 36.2 Å². The summed E-state index contributed by atoms with van der Waals surface area (Å²) in [5.74, 6) is 0.407. The maximum absolute atomic E-state index is 12.2. The van der Waals surface area contributed by atoms with Gasteiger partial charge in [-0.05, 0) is 36.9 Å². The minimum absolute atomic E-state index is 0.159. The lowest BCUT2D eigenvalue weighted by atomic mass is 10.2. The van der Waals surface area contributed by atoms with Crippen molar-refractivity contribution in [3.8, 4) is 0 Å². The van der Waals surface area contributed by atoms with Crippen LogP contribution in [0, 0.1) is 0 Å². The fraction of sp³-hybridized carbons (Fsp3) is 0.333. The van der Waals surface area contributed by atoms with Crippen LogP contribution < -0.4 is 10.2 Å². The van der Waals surface area contributed by atoms with Crippen molar-refractivity contribution in [3.63, 3.8) is 0 Å². The van der Waals surface area contributed by atoms with E-state index >= 15 is 0 Å². The second kappa shape index (κ2) is 7.77. The van der Waals surface area contributed by atoms with E-state index in [0.29, 0.717) is 11.4 Å². The quantitative estimate of drug-likeness (QED) is 0.873. The van der Waals surface area contributed by atoms with Gasteiger partial charge in [0.15, 0.2) is 0 Å². The van der Waals surface area contributed by atoms with Crippen molar-refractivity contribution in [2.75, 3.05) is 42.9 Å². The van der Waals surface area contributed by atoms with Gasteiger partial charge in [0.2, 0.25) is 0 Å². The molecule has 1 aliphatic rings. The van der Waals surface area contributed by atoms with Gasteiger partial charge < -0.3 is 15.1 Å². The zero-order chi connectivity index (χ0) is 16.9. The molecule has 0 unspecified atom stereocenters. The van der Waals surface area contributed by atoms with E-state index in [1.807, 2.05) is 30.5 Å². The number of pyridine rings is 1. The van der Waals surface area contributed by atoms with E-state index < -0.39 is 0 Å². The molecule has 5 nitrogen and oxygen atoms in total. The highest BCUT2D eigenvalue weighted by atomic mass is 79.9. The van der Waals surface area contributed by atoms with Crippen molar-refractivity contribution in [3.05, 3.63) is 52.6 Å². The first-order valence-electron chi connectivity index (χ1n) is 8.16. The number of hydrogen-bond acceptors (Lipinski definition) is 4. The summed E-state index contributed by atoms with van der Waals surface area (Å²) in [7, 11) is 0. The molecule has 6 heteroatoms. The summed E-state index contributed by atoms with van der Waals surface area (Å²) in [6.07, 6.45) is 1.83. The fourth-order valence-electron chi connectivity index (χ4n) is 2.79. The summed E-state index contributed by atoms with van der Waals surface area (Å²) in [6, 6.07) is 11.2. The number of piperazine rings is 1. The molecule has 0 radical (unpaired) electrons. The van der Waals surface area contributed by atoms with Crippen LogP contribution in [0.3, 0.4) is 0 Å². The van der Waals surface area contributed by atoms with Gasteiger partial charge in [-0.3, -0.25) is 4.79 Å². The Bertz CT molecular complexity index is 696. The summed E-state index contributed by atoms with van der Waals surface area (Å²) in [5, 5.41) is 2.83. The van der Waals surface area contributed by atoms with Crippen molar-refractivity contribution in [2.24, 2.45) is 0 Å². The highest BCUT2D eigenvalue weighted by molar-refractivity contribution is 9.10. The second-order valence-corrected chi connectivity index (χ2v) is 6.70. The first-order valence-corrected chi connectivity index (χ1v) is 8.95. The average Bonchev–Trinajstić information content (AvgIpc) is 2.62. The minimum Gasteiger partial charge on any atom is -0.368 e. The standard InChI is InChI=1S/C18H21BrN4O/c1-2-22-8-10-23(11-9-22)16-6-7-17(20-13-16)21-18(24)14-4-3-5-15(19)12-14/h3-7,12-13H,2,8-11H2,1H3,(H,20,21,24). The third kappa shape index (κ3) is 4.13. The summed E-state index contributed by atoms with van der Waals surface area (Å²) in [6.45, 7) is 7.49. The number of likely N-dealkylation sites (N-methyl/N-ethyl adjacent to an activating group) is 1. The van der Waals surface area contributed by atoms with E-state index in [0.717, 1.165) is 42.9 Å². The number of nitrogens with zero attached hydrogens (tertiary/aromatic N) is 3. The third-order valence-electron chi connectivity index (χ3n) is 4.26. The average molecular weight is 389 g/mol. The van der Waals surface area contributed by atoms with Gasteiger partial charge in [-0.1, -0.05) is 28.9 Å². The second-order valence-electron chi connectivity index (χ2n) is 5.79. The Morgan fingerprint density at radius 2 is 2.00 bits per heavy atom. The van der Waals surface area contributed by atoms with E-state index in [2.05, 4.69) is 43.0 Å². The topological polar surface area (TPSA) is 48.5 Å². The Kier molecular flexibility index (Phi) is 5.48. The van der Waals surface area contributed by atoms with E-state index in [1.165, 1.54) is 0 Å². The number of carbonyl (C=O) groups excluding carboxylic acids is 1. The van der Waals surface area contributed by atoms with E-state index in [-0.39, 0.29) is 5.91 Å². The van der Waals surface area contributed by atoms with Crippen LogP contribution in [0.2, 0.25) is 0 Å². The van der Waals surface area contributed by atoms with Crippen LogP contribution in [0.5, 0.6) is 0 Å². The highest BCUT2D eigenvalue weighted by Gasteiger charge is 2.16. The molecule has 126 valence electrons. The lowest BCUT2D eigenvalue weighted by molar-refractivity contribution is 0.102. The third-order valence-corrected chi connectivity index (χ3v) is 4.75.